The van der Waals surface area contributed by atoms with Gasteiger partial charge < -0.3 is 10.4 Å². The van der Waals surface area contributed by atoms with Crippen molar-refractivity contribution in [3.05, 3.63) is 24.0 Å². The number of nitrogens with zero attached hydrogens (tertiary/aromatic N) is 1. The maximum Gasteiger partial charge on any atom is 0.354 e. The average molecular weight is 206 g/mol. The normalized spacial score (nSPS) is 17.1. The molecule has 0 spiro atoms. The van der Waals surface area contributed by atoms with E-state index in [0.717, 1.165) is 12.2 Å². The molecular formula is C11H14N2O2. The monoisotopic (exact) mass is 206 g/mol. The lowest BCUT2D eigenvalue weighted by atomic mass is 10.1. The van der Waals surface area contributed by atoms with Crippen molar-refractivity contribution in [2.75, 3.05) is 11.9 Å². The molecule has 4 nitrogen and oxygen atoms in total. The lowest BCUT2D eigenvalue weighted by Gasteiger charge is -2.11. The van der Waals surface area contributed by atoms with E-state index in [0.29, 0.717) is 5.41 Å². The summed E-state index contributed by atoms with van der Waals surface area (Å²) in [5.74, 6) is -0.990. The van der Waals surface area contributed by atoms with Crippen molar-refractivity contribution in [1.82, 2.24) is 4.98 Å². The number of rotatable bonds is 4. The quantitative estimate of drug-likeness (QED) is 0.790. The van der Waals surface area contributed by atoms with Crippen LogP contribution in [0.4, 0.5) is 5.69 Å². The summed E-state index contributed by atoms with van der Waals surface area (Å²) in [4.78, 5) is 14.4. The van der Waals surface area contributed by atoms with Crippen LogP contribution in [-0.4, -0.2) is 22.6 Å². The Bertz CT molecular complexity index is 386. The van der Waals surface area contributed by atoms with E-state index in [1.165, 1.54) is 19.0 Å². The van der Waals surface area contributed by atoms with Crippen molar-refractivity contribution in [1.29, 1.82) is 0 Å². The van der Waals surface area contributed by atoms with Crippen LogP contribution in [0.3, 0.4) is 0 Å². The van der Waals surface area contributed by atoms with Crippen LogP contribution >= 0.6 is 0 Å². The van der Waals surface area contributed by atoms with Crippen LogP contribution in [0.5, 0.6) is 0 Å². The van der Waals surface area contributed by atoms with Gasteiger partial charge in [0.15, 0.2) is 0 Å². The van der Waals surface area contributed by atoms with Gasteiger partial charge in [-0.05, 0) is 30.4 Å². The van der Waals surface area contributed by atoms with Crippen molar-refractivity contribution in [2.45, 2.75) is 19.8 Å². The lowest BCUT2D eigenvalue weighted by Crippen LogP contribution is -2.12. The molecule has 0 unspecified atom stereocenters. The third-order valence-corrected chi connectivity index (χ3v) is 2.80. The molecule has 1 fully saturated rings. The van der Waals surface area contributed by atoms with E-state index in [2.05, 4.69) is 17.2 Å². The van der Waals surface area contributed by atoms with E-state index in [9.17, 15) is 4.79 Å². The maximum absolute atomic E-state index is 10.7. The van der Waals surface area contributed by atoms with E-state index in [1.54, 1.807) is 12.1 Å². The highest BCUT2D eigenvalue weighted by Crippen LogP contribution is 2.44. The van der Waals surface area contributed by atoms with Gasteiger partial charge in [0, 0.05) is 18.4 Å². The number of carboxylic acids is 1. The minimum atomic E-state index is -0.990. The van der Waals surface area contributed by atoms with Crippen molar-refractivity contribution in [2.24, 2.45) is 5.41 Å². The first-order valence-corrected chi connectivity index (χ1v) is 5.02. The summed E-state index contributed by atoms with van der Waals surface area (Å²) < 4.78 is 0. The van der Waals surface area contributed by atoms with Gasteiger partial charge in [0.25, 0.3) is 0 Å². The van der Waals surface area contributed by atoms with E-state index in [4.69, 9.17) is 5.11 Å². The Morgan fingerprint density at radius 1 is 1.67 bits per heavy atom. The van der Waals surface area contributed by atoms with Crippen LogP contribution in [0, 0.1) is 5.41 Å². The minimum absolute atomic E-state index is 0.0842. The summed E-state index contributed by atoms with van der Waals surface area (Å²) in [6, 6.07) is 3.35. The molecule has 1 aromatic rings. The van der Waals surface area contributed by atoms with Crippen LogP contribution in [0.15, 0.2) is 18.3 Å². The second-order valence-corrected chi connectivity index (χ2v) is 4.40. The van der Waals surface area contributed by atoms with Gasteiger partial charge in [0.2, 0.25) is 0 Å². The molecule has 1 aliphatic rings. The lowest BCUT2D eigenvalue weighted by molar-refractivity contribution is 0.0690. The summed E-state index contributed by atoms with van der Waals surface area (Å²) in [5, 5.41) is 12.0. The smallest absolute Gasteiger partial charge is 0.354 e. The summed E-state index contributed by atoms with van der Waals surface area (Å²) in [5.41, 5.74) is 1.32. The fourth-order valence-electron chi connectivity index (χ4n) is 1.36. The summed E-state index contributed by atoms with van der Waals surface area (Å²) >= 11 is 0. The molecule has 15 heavy (non-hydrogen) atoms. The number of carboxylic acid groups (broad SMARTS) is 1. The molecular weight excluding hydrogens is 192 g/mol. The minimum Gasteiger partial charge on any atom is -0.477 e. The highest BCUT2D eigenvalue weighted by Gasteiger charge is 2.36. The molecule has 0 aliphatic heterocycles. The number of hydrogen-bond acceptors (Lipinski definition) is 3. The number of hydrogen-bond donors (Lipinski definition) is 2. The van der Waals surface area contributed by atoms with Crippen LogP contribution < -0.4 is 5.32 Å². The summed E-state index contributed by atoms with van der Waals surface area (Å²) in [6.45, 7) is 3.12. The molecule has 2 N–H and O–H groups in total. The van der Waals surface area contributed by atoms with E-state index < -0.39 is 5.97 Å². The summed E-state index contributed by atoms with van der Waals surface area (Å²) in [6.07, 6.45) is 4.01. The van der Waals surface area contributed by atoms with Gasteiger partial charge in [-0.2, -0.15) is 0 Å². The molecule has 0 atom stereocenters. The SMILES string of the molecule is CC1(CNc2ccnc(C(=O)O)c2)CC1. The van der Waals surface area contributed by atoms with E-state index in [-0.39, 0.29) is 5.69 Å². The van der Waals surface area contributed by atoms with Crippen molar-refractivity contribution >= 4 is 11.7 Å². The summed E-state index contributed by atoms with van der Waals surface area (Å²) in [7, 11) is 0. The molecule has 1 aliphatic carbocycles. The predicted molar refractivity (Wildman–Crippen MR) is 57.0 cm³/mol. The average Bonchev–Trinajstić information content (AvgIpc) is 2.95. The zero-order valence-electron chi connectivity index (χ0n) is 8.66. The number of pyridine rings is 1. The van der Waals surface area contributed by atoms with Crippen molar-refractivity contribution in [3.63, 3.8) is 0 Å². The Labute approximate surface area is 88.3 Å². The Morgan fingerprint density at radius 3 is 3.00 bits per heavy atom. The third kappa shape index (κ3) is 2.46. The van der Waals surface area contributed by atoms with Gasteiger partial charge in [-0.1, -0.05) is 6.92 Å². The zero-order chi connectivity index (χ0) is 10.9. The van der Waals surface area contributed by atoms with Crippen LogP contribution in [-0.2, 0) is 0 Å². The molecule has 80 valence electrons. The topological polar surface area (TPSA) is 62.2 Å². The molecule has 1 aromatic heterocycles. The fourth-order valence-corrected chi connectivity index (χ4v) is 1.36. The Hall–Kier alpha value is -1.58. The standard InChI is InChI=1S/C11H14N2O2/c1-11(3-4-11)7-13-8-2-5-12-9(6-8)10(14)15/h2,5-6H,3-4,7H2,1H3,(H,12,13)(H,14,15). The van der Waals surface area contributed by atoms with Crippen LogP contribution in [0.2, 0.25) is 0 Å². The Balaban J connectivity index is 2.01. The van der Waals surface area contributed by atoms with Gasteiger partial charge >= 0.3 is 5.97 Å². The first kappa shape index (κ1) is 9.96. The highest BCUT2D eigenvalue weighted by atomic mass is 16.4. The van der Waals surface area contributed by atoms with Crippen molar-refractivity contribution in [3.8, 4) is 0 Å². The second kappa shape index (κ2) is 3.53. The van der Waals surface area contributed by atoms with Crippen molar-refractivity contribution < 1.29 is 9.90 Å². The molecule has 0 bridgehead atoms. The van der Waals surface area contributed by atoms with Gasteiger partial charge in [0.05, 0.1) is 0 Å². The number of nitrogens with one attached hydrogen (secondary N) is 1. The second-order valence-electron chi connectivity index (χ2n) is 4.40. The molecule has 0 saturated heterocycles. The molecule has 1 saturated carbocycles. The molecule has 0 aromatic carbocycles. The van der Waals surface area contributed by atoms with Gasteiger partial charge in [-0.15, -0.1) is 0 Å². The Kier molecular flexibility index (Phi) is 2.34. The van der Waals surface area contributed by atoms with Crippen LogP contribution in [0.25, 0.3) is 0 Å². The molecule has 2 rings (SSSR count). The highest BCUT2D eigenvalue weighted by molar-refractivity contribution is 5.86. The fraction of sp³-hybridized carbons (Fsp3) is 0.455. The van der Waals surface area contributed by atoms with Crippen LogP contribution in [0.1, 0.15) is 30.3 Å². The first-order valence-electron chi connectivity index (χ1n) is 5.02. The predicted octanol–water partition coefficient (Wildman–Crippen LogP) is 1.99. The van der Waals surface area contributed by atoms with Gasteiger partial charge in [-0.3, -0.25) is 0 Å². The molecule has 1 heterocycles. The molecule has 0 amide bonds. The largest absolute Gasteiger partial charge is 0.477 e. The van der Waals surface area contributed by atoms with Gasteiger partial charge in [0.1, 0.15) is 5.69 Å². The van der Waals surface area contributed by atoms with E-state index in [1.807, 2.05) is 0 Å². The maximum atomic E-state index is 10.7. The van der Waals surface area contributed by atoms with Gasteiger partial charge in [-0.25, -0.2) is 9.78 Å². The molecule has 0 radical (unpaired) electrons. The number of anilines is 1. The Morgan fingerprint density at radius 2 is 2.40 bits per heavy atom. The number of carbonyl (C=O) groups is 1. The first-order chi connectivity index (χ1) is 7.09. The van der Waals surface area contributed by atoms with E-state index >= 15 is 0 Å². The third-order valence-electron chi connectivity index (χ3n) is 2.80. The zero-order valence-corrected chi connectivity index (χ0v) is 8.66. The molecule has 4 heteroatoms. The number of aromatic carboxylic acids is 1. The number of aromatic nitrogens is 1.